The van der Waals surface area contributed by atoms with Crippen LogP contribution < -0.4 is 0 Å². The third kappa shape index (κ3) is 7.70. The molecule has 0 radical (unpaired) electrons. The van der Waals surface area contributed by atoms with Gasteiger partial charge in [0.1, 0.15) is 0 Å². The second-order valence-electron chi connectivity index (χ2n) is 2.34. The highest BCUT2D eigenvalue weighted by molar-refractivity contribution is 4.82. The lowest BCUT2D eigenvalue weighted by molar-refractivity contribution is 0.198. The summed E-state index contributed by atoms with van der Waals surface area (Å²) < 4.78 is 0. The molecule has 0 fully saturated rings. The maximum atomic E-state index is 8.80. The van der Waals surface area contributed by atoms with Crippen LogP contribution in [0.15, 0.2) is 12.2 Å². The van der Waals surface area contributed by atoms with Crippen LogP contribution in [0.25, 0.3) is 0 Å². The van der Waals surface area contributed by atoms with Gasteiger partial charge in [-0.2, -0.15) is 0 Å². The van der Waals surface area contributed by atoms with E-state index in [-0.39, 0.29) is 6.10 Å². The minimum atomic E-state index is -0.182. The van der Waals surface area contributed by atoms with E-state index in [1.54, 1.807) is 6.92 Å². The Labute approximate surface area is 57.4 Å². The zero-order valence-electron chi connectivity index (χ0n) is 6.30. The quantitative estimate of drug-likeness (QED) is 0.575. The second-order valence-corrected chi connectivity index (χ2v) is 2.34. The summed E-state index contributed by atoms with van der Waals surface area (Å²) in [5, 5.41) is 8.80. The van der Waals surface area contributed by atoms with E-state index < -0.39 is 0 Å². The molecule has 1 atom stereocenters. The summed E-state index contributed by atoms with van der Waals surface area (Å²) in [5.41, 5.74) is 0. The predicted molar refractivity (Wildman–Crippen MR) is 40.3 cm³/mol. The van der Waals surface area contributed by atoms with E-state index in [0.29, 0.717) is 0 Å². The molecule has 0 rings (SSSR count). The van der Waals surface area contributed by atoms with Crippen molar-refractivity contribution < 1.29 is 5.11 Å². The highest BCUT2D eigenvalue weighted by Gasteiger charge is 1.86. The molecule has 54 valence electrons. The highest BCUT2D eigenvalue weighted by Crippen LogP contribution is 1.94. The summed E-state index contributed by atoms with van der Waals surface area (Å²) in [5.74, 6) is 0. The fourth-order valence-electron chi connectivity index (χ4n) is 0.578. The Morgan fingerprint density at radius 3 is 2.56 bits per heavy atom. The average molecular weight is 128 g/mol. The number of aliphatic hydroxyl groups is 1. The molecule has 0 heterocycles. The first kappa shape index (κ1) is 8.70. The van der Waals surface area contributed by atoms with Crippen molar-refractivity contribution in [2.24, 2.45) is 0 Å². The van der Waals surface area contributed by atoms with Gasteiger partial charge < -0.3 is 5.11 Å². The maximum absolute atomic E-state index is 8.80. The molecule has 0 amide bonds. The minimum Gasteiger partial charge on any atom is -0.393 e. The molecular formula is C8H16O. The summed E-state index contributed by atoms with van der Waals surface area (Å²) in [6, 6.07) is 0. The number of hydrogen-bond acceptors (Lipinski definition) is 1. The molecule has 0 bridgehead atoms. The lowest BCUT2D eigenvalue weighted by atomic mass is 10.2. The SMILES string of the molecule is CCCC=CCC(C)O. The number of hydrogen-bond donors (Lipinski definition) is 1. The van der Waals surface area contributed by atoms with E-state index in [9.17, 15) is 0 Å². The maximum Gasteiger partial charge on any atom is 0.0546 e. The number of unbranched alkanes of at least 4 members (excludes halogenated alkanes) is 1. The summed E-state index contributed by atoms with van der Waals surface area (Å²) in [7, 11) is 0. The zero-order valence-corrected chi connectivity index (χ0v) is 6.30. The molecule has 1 nitrogen and oxygen atoms in total. The molecule has 1 N–H and O–H groups in total. The highest BCUT2D eigenvalue weighted by atomic mass is 16.3. The largest absolute Gasteiger partial charge is 0.393 e. The molecule has 0 aromatic heterocycles. The lowest BCUT2D eigenvalue weighted by Gasteiger charge is -1.94. The topological polar surface area (TPSA) is 20.2 Å². The van der Waals surface area contributed by atoms with Crippen LogP contribution in [0, 0.1) is 0 Å². The van der Waals surface area contributed by atoms with Crippen molar-refractivity contribution >= 4 is 0 Å². The smallest absolute Gasteiger partial charge is 0.0546 e. The molecule has 1 heteroatoms. The van der Waals surface area contributed by atoms with Crippen molar-refractivity contribution in [1.29, 1.82) is 0 Å². The van der Waals surface area contributed by atoms with Crippen molar-refractivity contribution in [1.82, 2.24) is 0 Å². The Hall–Kier alpha value is -0.300. The van der Waals surface area contributed by atoms with Gasteiger partial charge in [0.2, 0.25) is 0 Å². The molecule has 0 saturated heterocycles. The van der Waals surface area contributed by atoms with E-state index in [1.165, 1.54) is 6.42 Å². The van der Waals surface area contributed by atoms with E-state index in [4.69, 9.17) is 5.11 Å². The molecule has 0 saturated carbocycles. The first-order valence-corrected chi connectivity index (χ1v) is 3.60. The molecule has 0 spiro atoms. The van der Waals surface area contributed by atoms with Gasteiger partial charge in [-0.05, 0) is 19.8 Å². The Morgan fingerprint density at radius 2 is 2.11 bits per heavy atom. The van der Waals surface area contributed by atoms with Gasteiger partial charge >= 0.3 is 0 Å². The van der Waals surface area contributed by atoms with Crippen LogP contribution in [0.3, 0.4) is 0 Å². The van der Waals surface area contributed by atoms with Crippen LogP contribution in [-0.2, 0) is 0 Å². The van der Waals surface area contributed by atoms with Crippen LogP contribution in [0.4, 0.5) is 0 Å². The van der Waals surface area contributed by atoms with Gasteiger partial charge in [-0.25, -0.2) is 0 Å². The van der Waals surface area contributed by atoms with Gasteiger partial charge in [0, 0.05) is 0 Å². The Kier molecular flexibility index (Phi) is 5.64. The fraction of sp³-hybridized carbons (Fsp3) is 0.750. The van der Waals surface area contributed by atoms with Gasteiger partial charge in [-0.3, -0.25) is 0 Å². The van der Waals surface area contributed by atoms with Crippen molar-refractivity contribution in [3.63, 3.8) is 0 Å². The zero-order chi connectivity index (χ0) is 7.11. The summed E-state index contributed by atoms with van der Waals surface area (Å²) in [6.07, 6.45) is 7.09. The monoisotopic (exact) mass is 128 g/mol. The molecule has 0 aliphatic heterocycles. The van der Waals surface area contributed by atoms with Crippen LogP contribution in [-0.4, -0.2) is 11.2 Å². The van der Waals surface area contributed by atoms with Crippen molar-refractivity contribution in [2.45, 2.75) is 39.2 Å². The molecular weight excluding hydrogens is 112 g/mol. The van der Waals surface area contributed by atoms with Crippen LogP contribution >= 0.6 is 0 Å². The van der Waals surface area contributed by atoms with Crippen molar-refractivity contribution in [3.05, 3.63) is 12.2 Å². The Morgan fingerprint density at radius 1 is 1.44 bits per heavy atom. The normalized spacial score (nSPS) is 14.6. The van der Waals surface area contributed by atoms with E-state index in [1.807, 2.05) is 6.08 Å². The Bertz CT molecular complexity index is 74.6. The molecule has 0 aromatic carbocycles. The van der Waals surface area contributed by atoms with Gasteiger partial charge in [0.25, 0.3) is 0 Å². The molecule has 0 aromatic rings. The number of rotatable bonds is 4. The third-order valence-electron chi connectivity index (χ3n) is 1.10. The van der Waals surface area contributed by atoms with Gasteiger partial charge in [-0.15, -0.1) is 0 Å². The van der Waals surface area contributed by atoms with Crippen LogP contribution in [0.5, 0.6) is 0 Å². The van der Waals surface area contributed by atoms with Crippen molar-refractivity contribution in [3.8, 4) is 0 Å². The third-order valence-corrected chi connectivity index (χ3v) is 1.10. The Balaban J connectivity index is 3.04. The van der Waals surface area contributed by atoms with E-state index in [2.05, 4.69) is 13.0 Å². The predicted octanol–water partition coefficient (Wildman–Crippen LogP) is 2.11. The summed E-state index contributed by atoms with van der Waals surface area (Å²) >= 11 is 0. The fourth-order valence-corrected chi connectivity index (χ4v) is 0.578. The van der Waals surface area contributed by atoms with Crippen LogP contribution in [0.2, 0.25) is 0 Å². The van der Waals surface area contributed by atoms with Gasteiger partial charge in [0.15, 0.2) is 0 Å². The van der Waals surface area contributed by atoms with Crippen LogP contribution in [0.1, 0.15) is 33.1 Å². The minimum absolute atomic E-state index is 0.182. The van der Waals surface area contributed by atoms with Gasteiger partial charge in [-0.1, -0.05) is 25.5 Å². The second kappa shape index (κ2) is 5.83. The number of allylic oxidation sites excluding steroid dienone is 1. The first-order valence-electron chi connectivity index (χ1n) is 3.60. The molecule has 0 aliphatic rings. The standard InChI is InChI=1S/C8H16O/c1-3-4-5-6-7-8(2)9/h5-6,8-9H,3-4,7H2,1-2H3. The van der Waals surface area contributed by atoms with E-state index in [0.717, 1.165) is 12.8 Å². The molecule has 0 aliphatic carbocycles. The average Bonchev–Trinajstić information content (AvgIpc) is 1.80. The lowest BCUT2D eigenvalue weighted by Crippen LogP contribution is -1.94. The summed E-state index contributed by atoms with van der Waals surface area (Å²) in [4.78, 5) is 0. The van der Waals surface area contributed by atoms with Gasteiger partial charge in [0.05, 0.1) is 6.10 Å². The number of aliphatic hydroxyl groups excluding tert-OH is 1. The van der Waals surface area contributed by atoms with E-state index >= 15 is 0 Å². The first-order chi connectivity index (χ1) is 4.27. The summed E-state index contributed by atoms with van der Waals surface area (Å²) in [6.45, 7) is 3.95. The molecule has 1 unspecified atom stereocenters. The molecule has 9 heavy (non-hydrogen) atoms. The van der Waals surface area contributed by atoms with Crippen molar-refractivity contribution in [2.75, 3.05) is 0 Å².